The summed E-state index contributed by atoms with van der Waals surface area (Å²) >= 11 is 3.49. The molecule has 0 spiro atoms. The van der Waals surface area contributed by atoms with Crippen LogP contribution in [0.1, 0.15) is 81.5 Å². The molecule has 0 unspecified atom stereocenters. The number of halogens is 1. The molecule has 1 saturated carbocycles. The molecule has 7 nitrogen and oxygen atoms in total. The molecule has 0 radical (unpaired) electrons. The molecule has 1 fully saturated rings. The third-order valence-electron chi connectivity index (χ3n) is 9.94. The highest BCUT2D eigenvalue weighted by Crippen LogP contribution is 2.58. The van der Waals surface area contributed by atoms with Crippen LogP contribution in [0.5, 0.6) is 0 Å². The van der Waals surface area contributed by atoms with Crippen LogP contribution < -0.4 is 10.6 Å². The largest absolute Gasteiger partial charge is 0.343 e. The van der Waals surface area contributed by atoms with Crippen LogP contribution in [0.4, 0.5) is 5.69 Å². The topological polar surface area (TPSA) is 113 Å². The summed E-state index contributed by atoms with van der Waals surface area (Å²) in [5.74, 6) is -0.633. The molecule has 9 heteroatoms. The van der Waals surface area contributed by atoms with Crippen molar-refractivity contribution in [2.45, 2.75) is 88.5 Å². The third kappa shape index (κ3) is 6.24. The van der Waals surface area contributed by atoms with E-state index in [-0.39, 0.29) is 28.5 Å². The first-order valence-electron chi connectivity index (χ1n) is 15.3. The number of benzene rings is 3. The minimum Gasteiger partial charge on any atom is -0.343 e. The van der Waals surface area contributed by atoms with E-state index in [2.05, 4.69) is 33.5 Å². The molecule has 4 atom stereocenters. The fourth-order valence-electron chi connectivity index (χ4n) is 7.63. The van der Waals surface area contributed by atoms with E-state index in [1.165, 1.54) is 0 Å². The molecule has 0 heterocycles. The highest BCUT2D eigenvalue weighted by molar-refractivity contribution is 9.10. The number of hydrogen-bond donors (Lipinski definition) is 3. The van der Waals surface area contributed by atoms with E-state index >= 15 is 0 Å². The number of rotatable bonds is 8. The van der Waals surface area contributed by atoms with Crippen molar-refractivity contribution in [3.05, 3.63) is 93.5 Å². The highest BCUT2D eigenvalue weighted by atomic mass is 79.9. The second-order valence-electron chi connectivity index (χ2n) is 13.1. The Bertz CT molecular complexity index is 1680. The van der Waals surface area contributed by atoms with Crippen LogP contribution in [-0.2, 0) is 38.0 Å². The lowest BCUT2D eigenvalue weighted by Gasteiger charge is -2.54. The second-order valence-corrected chi connectivity index (χ2v) is 15.4. The molecule has 3 aromatic carbocycles. The molecular weight excluding hydrogens is 640 g/mol. The molecule has 3 N–H and O–H groups in total. The number of carbonyl (C=O) groups excluding carboxylic acids is 2. The van der Waals surface area contributed by atoms with Gasteiger partial charge in [0.15, 0.2) is 0 Å². The summed E-state index contributed by atoms with van der Waals surface area (Å²) < 4.78 is 35.9. The molecule has 3 aromatic rings. The average Bonchev–Trinajstić information content (AvgIpc) is 2.97. The molecular formula is C35H41BrN2O5S. The zero-order valence-corrected chi connectivity index (χ0v) is 28.1. The van der Waals surface area contributed by atoms with Gasteiger partial charge in [-0.05, 0) is 99.3 Å². The quantitative estimate of drug-likeness (QED) is 0.218. The smallest absolute Gasteiger partial charge is 0.294 e. The van der Waals surface area contributed by atoms with Crippen LogP contribution in [-0.4, -0.2) is 30.8 Å². The van der Waals surface area contributed by atoms with E-state index in [0.717, 1.165) is 40.4 Å². The zero-order chi connectivity index (χ0) is 31.9. The normalized spacial score (nSPS) is 23.8. The van der Waals surface area contributed by atoms with Crippen molar-refractivity contribution in [2.24, 2.45) is 11.3 Å². The van der Waals surface area contributed by atoms with Gasteiger partial charge in [-0.15, -0.1) is 0 Å². The van der Waals surface area contributed by atoms with Gasteiger partial charge < -0.3 is 10.6 Å². The van der Waals surface area contributed by atoms with Crippen molar-refractivity contribution in [1.82, 2.24) is 5.32 Å². The summed E-state index contributed by atoms with van der Waals surface area (Å²) in [6, 6.07) is 19.8. The van der Waals surface area contributed by atoms with Crippen molar-refractivity contribution >= 4 is 43.5 Å². The predicted octanol–water partition coefficient (Wildman–Crippen LogP) is 7.20. The first-order valence-corrected chi connectivity index (χ1v) is 17.5. The van der Waals surface area contributed by atoms with Gasteiger partial charge in [-0.2, -0.15) is 8.42 Å². The fourth-order valence-corrected chi connectivity index (χ4v) is 8.87. The van der Waals surface area contributed by atoms with E-state index in [1.807, 2.05) is 81.4 Å². The number of hydrogen-bond acceptors (Lipinski definition) is 4. The van der Waals surface area contributed by atoms with Gasteiger partial charge in [0.1, 0.15) is 6.04 Å². The molecule has 0 aromatic heterocycles. The van der Waals surface area contributed by atoms with E-state index in [4.69, 9.17) is 0 Å². The predicted molar refractivity (Wildman–Crippen MR) is 176 cm³/mol. The van der Waals surface area contributed by atoms with Crippen LogP contribution in [0.25, 0.3) is 0 Å². The summed E-state index contributed by atoms with van der Waals surface area (Å²) in [7, 11) is -4.43. The molecule has 0 aliphatic heterocycles. The van der Waals surface area contributed by atoms with Crippen LogP contribution in [0.2, 0.25) is 0 Å². The summed E-state index contributed by atoms with van der Waals surface area (Å²) in [5.41, 5.74) is 2.89. The Kier molecular flexibility index (Phi) is 9.13. The van der Waals surface area contributed by atoms with Crippen molar-refractivity contribution < 1.29 is 22.6 Å². The van der Waals surface area contributed by atoms with E-state index in [1.54, 1.807) is 6.07 Å². The van der Waals surface area contributed by atoms with Gasteiger partial charge in [-0.1, -0.05) is 82.6 Å². The van der Waals surface area contributed by atoms with E-state index in [9.17, 15) is 22.6 Å². The van der Waals surface area contributed by atoms with Gasteiger partial charge in [0.05, 0.1) is 16.0 Å². The molecule has 2 aliphatic rings. The number of para-hydroxylation sites is 1. The van der Waals surface area contributed by atoms with E-state index in [0.29, 0.717) is 30.5 Å². The first-order chi connectivity index (χ1) is 20.7. The third-order valence-corrected chi connectivity index (χ3v) is 11.5. The maximum absolute atomic E-state index is 14.4. The van der Waals surface area contributed by atoms with Crippen LogP contribution in [0, 0.1) is 11.3 Å². The van der Waals surface area contributed by atoms with Crippen molar-refractivity contribution in [3.63, 3.8) is 0 Å². The fraction of sp³-hybridized carbons (Fsp3) is 0.429. The molecule has 234 valence electrons. The summed E-state index contributed by atoms with van der Waals surface area (Å²) in [5, 5.41) is 6.13. The Labute approximate surface area is 269 Å². The molecule has 0 bridgehead atoms. The Morgan fingerprint density at radius 2 is 1.70 bits per heavy atom. The molecule has 2 amide bonds. The summed E-state index contributed by atoms with van der Waals surface area (Å²) in [4.78, 5) is 28.0. The van der Waals surface area contributed by atoms with Gasteiger partial charge >= 0.3 is 0 Å². The number of nitrogens with one attached hydrogen (secondary N) is 2. The summed E-state index contributed by atoms with van der Waals surface area (Å²) in [6.45, 7) is 7.96. The maximum atomic E-state index is 14.4. The lowest BCUT2D eigenvalue weighted by Crippen LogP contribution is -2.58. The monoisotopic (exact) mass is 680 g/mol. The van der Waals surface area contributed by atoms with Crippen molar-refractivity contribution in [2.75, 3.05) is 5.32 Å². The van der Waals surface area contributed by atoms with Gasteiger partial charge in [0.2, 0.25) is 11.8 Å². The standard InChI is InChI=1S/C35H41BrN2O5S/c1-22(2)25-20-24-15-16-31-34(3,26(24)21-30(25)44(41,42)43)17-10-18-35(31,4)33(40)38-29(19-23-11-6-5-7-12-23)32(39)37-28-14-9-8-13-27(28)36/h5-9,11-14,20-22,29,31H,10,15-19H2,1-4H3,(H,37,39)(H,38,40)(H,41,42,43)/t29-,31+,34+,35+/m0/s1. The SMILES string of the molecule is CC(C)c1cc2c(cc1S(=O)(=O)O)[C@@]1(C)CCC[C@@](C)(C(=O)N[C@@H](Cc3ccccc3)C(=O)Nc3ccccc3Br)[C@@H]1CC2. The lowest BCUT2D eigenvalue weighted by atomic mass is 9.49. The molecule has 5 rings (SSSR count). The summed E-state index contributed by atoms with van der Waals surface area (Å²) in [6.07, 6.45) is 4.04. The second kappa shape index (κ2) is 12.4. The number of carbonyl (C=O) groups is 2. The van der Waals surface area contributed by atoms with Gasteiger partial charge in [-0.3, -0.25) is 14.1 Å². The Morgan fingerprint density at radius 1 is 1.02 bits per heavy atom. The van der Waals surface area contributed by atoms with Gasteiger partial charge in [0, 0.05) is 10.9 Å². The molecule has 2 aliphatic carbocycles. The minimum absolute atomic E-state index is 0.0449. The molecule has 0 saturated heterocycles. The van der Waals surface area contributed by atoms with Crippen molar-refractivity contribution in [3.8, 4) is 0 Å². The van der Waals surface area contributed by atoms with E-state index < -0.39 is 27.0 Å². The Balaban J connectivity index is 1.48. The molecule has 44 heavy (non-hydrogen) atoms. The van der Waals surface area contributed by atoms with Crippen LogP contribution in [0.3, 0.4) is 0 Å². The minimum atomic E-state index is -4.43. The number of anilines is 1. The van der Waals surface area contributed by atoms with Crippen molar-refractivity contribution in [1.29, 1.82) is 0 Å². The van der Waals surface area contributed by atoms with Gasteiger partial charge in [0.25, 0.3) is 10.1 Å². The lowest BCUT2D eigenvalue weighted by molar-refractivity contribution is -0.141. The number of amides is 2. The Hall–Kier alpha value is -3.01. The average molecular weight is 682 g/mol. The zero-order valence-electron chi connectivity index (χ0n) is 25.7. The van der Waals surface area contributed by atoms with Crippen LogP contribution >= 0.6 is 15.9 Å². The number of aryl methyl sites for hydroxylation is 1. The highest BCUT2D eigenvalue weighted by Gasteiger charge is 2.55. The maximum Gasteiger partial charge on any atom is 0.294 e. The van der Waals surface area contributed by atoms with Gasteiger partial charge in [-0.25, -0.2) is 0 Å². The van der Waals surface area contributed by atoms with Crippen LogP contribution in [0.15, 0.2) is 76.1 Å². The Morgan fingerprint density at radius 3 is 2.36 bits per heavy atom. The number of fused-ring (bicyclic) bond motifs is 3. The first kappa shape index (κ1) is 32.4.